The molecule has 2 aliphatic carbocycles. The van der Waals surface area contributed by atoms with E-state index in [4.69, 9.17) is 12.8 Å². The number of aromatic nitrogens is 1. The van der Waals surface area contributed by atoms with E-state index in [-0.39, 0.29) is 0 Å². The highest BCUT2D eigenvalue weighted by Gasteiger charge is 2.24. The summed E-state index contributed by atoms with van der Waals surface area (Å²) in [6, 6.07) is 15.2. The van der Waals surface area contributed by atoms with Gasteiger partial charge in [-0.05, 0) is 73.5 Å². The summed E-state index contributed by atoms with van der Waals surface area (Å²) in [5, 5.41) is 1.30. The van der Waals surface area contributed by atoms with E-state index < -0.39 is 0 Å². The minimum absolute atomic E-state index is 0.824. The molecule has 3 radical (unpaired) electrons. The first-order valence-electron chi connectivity index (χ1n) is 14.9. The average Bonchev–Trinajstić information content (AvgIpc) is 3.82. The van der Waals surface area contributed by atoms with Crippen molar-refractivity contribution in [2.24, 2.45) is 0 Å². The summed E-state index contributed by atoms with van der Waals surface area (Å²) in [5.41, 5.74) is 10.4. The van der Waals surface area contributed by atoms with Crippen molar-refractivity contribution in [3.8, 4) is 0 Å². The zero-order valence-electron chi connectivity index (χ0n) is 23.4. The Morgan fingerprint density at radius 3 is 2.54 bits per heavy atom. The molecule has 0 N–H and O–H groups in total. The minimum atomic E-state index is 0.824. The molecule has 4 nitrogen and oxygen atoms in total. The Bertz CT molecular complexity index is 1350. The fourth-order valence-corrected chi connectivity index (χ4v) is 6.28. The molecule has 1 fully saturated rings. The van der Waals surface area contributed by atoms with Gasteiger partial charge in [-0.15, -0.1) is 0 Å². The SMILES string of the molecule is [B]c1ccc(N2CCN(Cc3cc(CN(CC)CCC4=CCCCC4)c(C4=C[CH]4)c4ncccc34)CC2)cc1. The quantitative estimate of drug-likeness (QED) is 0.257. The van der Waals surface area contributed by atoms with Crippen molar-refractivity contribution in [1.82, 2.24) is 14.8 Å². The number of anilines is 1. The fourth-order valence-electron chi connectivity index (χ4n) is 6.28. The molecule has 2 aromatic carbocycles. The van der Waals surface area contributed by atoms with Crippen LogP contribution >= 0.6 is 0 Å². The van der Waals surface area contributed by atoms with Crippen LogP contribution in [0.3, 0.4) is 0 Å². The van der Waals surface area contributed by atoms with Crippen molar-refractivity contribution < 1.29 is 0 Å². The topological polar surface area (TPSA) is 22.6 Å². The van der Waals surface area contributed by atoms with Crippen LogP contribution in [0, 0.1) is 6.42 Å². The molecule has 0 bridgehead atoms. The Hall–Kier alpha value is -2.89. The van der Waals surface area contributed by atoms with Gasteiger partial charge in [0, 0.05) is 75.1 Å². The van der Waals surface area contributed by atoms with Crippen LogP contribution < -0.4 is 10.4 Å². The van der Waals surface area contributed by atoms with Crippen LogP contribution in [0.5, 0.6) is 0 Å². The Balaban J connectivity index is 1.21. The molecule has 6 rings (SSSR count). The molecule has 0 amide bonds. The summed E-state index contributed by atoms with van der Waals surface area (Å²) in [6.45, 7) is 10.6. The number of nitrogens with zero attached hydrogens (tertiary/aromatic N) is 4. The lowest BCUT2D eigenvalue weighted by Crippen LogP contribution is -2.46. The Labute approximate surface area is 235 Å². The van der Waals surface area contributed by atoms with E-state index in [0.29, 0.717) is 0 Å². The highest BCUT2D eigenvalue weighted by atomic mass is 15.3. The molecule has 39 heavy (non-hydrogen) atoms. The second-order valence-corrected chi connectivity index (χ2v) is 11.3. The second kappa shape index (κ2) is 12.1. The molecular formula is C34H40BN4. The molecule has 1 saturated heterocycles. The molecule has 3 aromatic rings. The van der Waals surface area contributed by atoms with Crippen LogP contribution in [0.2, 0.25) is 0 Å². The van der Waals surface area contributed by atoms with Gasteiger partial charge < -0.3 is 4.90 Å². The smallest absolute Gasteiger partial charge is 0.113 e. The normalized spacial score (nSPS) is 17.9. The molecule has 0 atom stereocenters. The fraction of sp³-hybridized carbons (Fsp3) is 0.412. The van der Waals surface area contributed by atoms with Crippen LogP contribution in [0.1, 0.15) is 55.7 Å². The number of benzene rings is 2. The zero-order valence-corrected chi connectivity index (χ0v) is 23.4. The predicted octanol–water partition coefficient (Wildman–Crippen LogP) is 5.66. The molecule has 199 valence electrons. The molecule has 5 heteroatoms. The van der Waals surface area contributed by atoms with Crippen molar-refractivity contribution in [1.29, 1.82) is 0 Å². The standard InChI is InChI=1S/C34H40BN4/c1-2-37(18-16-26-7-4-3-5-8-26)25-29-23-28(32-9-6-17-36-34(32)33(29)27-10-11-27)24-38-19-21-39(22-20-38)31-14-12-30(35)13-15-31/h6-7,9-15,17,23H,2-5,8,16,18-22,24-25H2,1H3. The summed E-state index contributed by atoms with van der Waals surface area (Å²) < 4.78 is 0. The predicted molar refractivity (Wildman–Crippen MR) is 165 cm³/mol. The summed E-state index contributed by atoms with van der Waals surface area (Å²) in [4.78, 5) is 12.6. The van der Waals surface area contributed by atoms with Gasteiger partial charge in [0.15, 0.2) is 0 Å². The van der Waals surface area contributed by atoms with E-state index in [1.807, 2.05) is 18.3 Å². The van der Waals surface area contributed by atoms with E-state index in [0.717, 1.165) is 63.3 Å². The van der Waals surface area contributed by atoms with E-state index >= 15 is 0 Å². The minimum Gasteiger partial charge on any atom is -0.369 e. The third kappa shape index (κ3) is 6.31. The number of piperazine rings is 1. The number of allylic oxidation sites excluding steroid dienone is 3. The van der Waals surface area contributed by atoms with Gasteiger partial charge in [-0.2, -0.15) is 0 Å². The average molecular weight is 516 g/mol. The van der Waals surface area contributed by atoms with Crippen molar-refractivity contribution in [2.75, 3.05) is 44.2 Å². The van der Waals surface area contributed by atoms with E-state index in [1.54, 1.807) is 5.57 Å². The third-order valence-corrected chi connectivity index (χ3v) is 8.68. The maximum atomic E-state index is 5.90. The third-order valence-electron chi connectivity index (χ3n) is 8.68. The maximum Gasteiger partial charge on any atom is 0.113 e. The monoisotopic (exact) mass is 515 g/mol. The van der Waals surface area contributed by atoms with Gasteiger partial charge in [0.2, 0.25) is 0 Å². The van der Waals surface area contributed by atoms with Gasteiger partial charge in [0.25, 0.3) is 0 Å². The van der Waals surface area contributed by atoms with Gasteiger partial charge >= 0.3 is 0 Å². The highest BCUT2D eigenvalue weighted by Crippen LogP contribution is 2.39. The van der Waals surface area contributed by atoms with Gasteiger partial charge in [-0.3, -0.25) is 14.8 Å². The molecule has 0 spiro atoms. The summed E-state index contributed by atoms with van der Waals surface area (Å²) >= 11 is 0. The molecule has 0 saturated carbocycles. The van der Waals surface area contributed by atoms with Crippen molar-refractivity contribution in [3.63, 3.8) is 0 Å². The van der Waals surface area contributed by atoms with Crippen LogP contribution in [-0.4, -0.2) is 61.9 Å². The first-order valence-corrected chi connectivity index (χ1v) is 14.9. The lowest BCUT2D eigenvalue weighted by molar-refractivity contribution is 0.250. The molecule has 1 aromatic heterocycles. The van der Waals surface area contributed by atoms with E-state index in [1.165, 1.54) is 65.4 Å². The molecule has 0 unspecified atom stereocenters. The number of hydrogen-bond acceptors (Lipinski definition) is 4. The number of hydrogen-bond donors (Lipinski definition) is 0. The lowest BCUT2D eigenvalue weighted by atomic mass is 9.94. The van der Waals surface area contributed by atoms with Crippen LogP contribution in [0.4, 0.5) is 5.69 Å². The second-order valence-electron chi connectivity index (χ2n) is 11.3. The Morgan fingerprint density at radius 2 is 1.82 bits per heavy atom. The van der Waals surface area contributed by atoms with Gasteiger partial charge in [-0.1, -0.05) is 54.4 Å². The van der Waals surface area contributed by atoms with Crippen molar-refractivity contribution in [2.45, 2.75) is 52.1 Å². The molecular weight excluding hydrogens is 475 g/mol. The summed E-state index contributed by atoms with van der Waals surface area (Å²) in [6.07, 6.45) is 15.4. The zero-order chi connectivity index (χ0) is 26.6. The first kappa shape index (κ1) is 26.3. The van der Waals surface area contributed by atoms with E-state index in [2.05, 4.69) is 70.5 Å². The summed E-state index contributed by atoms with van der Waals surface area (Å²) in [5.74, 6) is 0. The van der Waals surface area contributed by atoms with Gasteiger partial charge in [-0.25, -0.2) is 0 Å². The number of pyridine rings is 1. The van der Waals surface area contributed by atoms with Crippen LogP contribution in [0.25, 0.3) is 16.5 Å². The highest BCUT2D eigenvalue weighted by molar-refractivity contribution is 6.32. The lowest BCUT2D eigenvalue weighted by Gasteiger charge is -2.36. The Kier molecular flexibility index (Phi) is 8.17. The summed E-state index contributed by atoms with van der Waals surface area (Å²) in [7, 11) is 5.90. The Morgan fingerprint density at radius 1 is 1.00 bits per heavy atom. The maximum absolute atomic E-state index is 5.90. The van der Waals surface area contributed by atoms with Crippen molar-refractivity contribution >= 4 is 35.5 Å². The van der Waals surface area contributed by atoms with Crippen molar-refractivity contribution in [3.05, 3.63) is 89.5 Å². The van der Waals surface area contributed by atoms with Crippen LogP contribution in [-0.2, 0) is 13.1 Å². The number of fused-ring (bicyclic) bond motifs is 1. The molecule has 2 heterocycles. The van der Waals surface area contributed by atoms with Crippen LogP contribution in [0.15, 0.2) is 66.4 Å². The molecule has 1 aliphatic heterocycles. The van der Waals surface area contributed by atoms with Gasteiger partial charge in [0.1, 0.15) is 7.85 Å². The van der Waals surface area contributed by atoms with E-state index in [9.17, 15) is 0 Å². The largest absolute Gasteiger partial charge is 0.369 e. The molecule has 3 aliphatic rings. The first-order chi connectivity index (χ1) is 19.2. The number of rotatable bonds is 10. The van der Waals surface area contributed by atoms with Gasteiger partial charge in [0.05, 0.1) is 5.52 Å².